The van der Waals surface area contributed by atoms with Crippen LogP contribution in [0.4, 0.5) is 0 Å². The molecule has 0 N–H and O–H groups in total. The average molecular weight is 497 g/mol. The monoisotopic (exact) mass is 496 g/mol. The van der Waals surface area contributed by atoms with Crippen LogP contribution in [0.25, 0.3) is 27.8 Å². The van der Waals surface area contributed by atoms with Crippen molar-refractivity contribution in [3.05, 3.63) is 64.9 Å². The number of para-hydroxylation sites is 1. The van der Waals surface area contributed by atoms with E-state index in [0.29, 0.717) is 5.69 Å². The number of nitrogens with zero attached hydrogens (tertiary/aromatic N) is 4. The first-order chi connectivity index (χ1) is 15.3. The minimum atomic E-state index is -1.07. The van der Waals surface area contributed by atoms with Crippen LogP contribution in [0.1, 0.15) is 26.5 Å². The van der Waals surface area contributed by atoms with E-state index < -0.39 is 11.6 Å². The third-order valence-corrected chi connectivity index (χ3v) is 6.01. The smallest absolute Gasteiger partial charge is 0.337 e. The fraction of sp³-hybridized carbons (Fsp3) is 0.292. The summed E-state index contributed by atoms with van der Waals surface area (Å²) in [5.74, 6) is -0.429. The molecule has 7 nitrogen and oxygen atoms in total. The number of hydrogen-bond donors (Lipinski definition) is 0. The first-order valence-electron chi connectivity index (χ1n) is 10.4. The van der Waals surface area contributed by atoms with Crippen molar-refractivity contribution in [2.24, 2.45) is 0 Å². The summed E-state index contributed by atoms with van der Waals surface area (Å²) in [6.07, 6.45) is 1.88. The van der Waals surface area contributed by atoms with Crippen LogP contribution in [0.2, 0.25) is 0 Å². The summed E-state index contributed by atoms with van der Waals surface area (Å²) in [6, 6.07) is 16.2. The predicted molar refractivity (Wildman–Crippen MR) is 127 cm³/mol. The van der Waals surface area contributed by atoms with E-state index in [1.807, 2.05) is 45.9 Å². The number of esters is 1. The Bertz CT molecular complexity index is 1280. The lowest BCUT2D eigenvalue weighted by Crippen LogP contribution is -2.35. The van der Waals surface area contributed by atoms with Gasteiger partial charge in [-0.05, 0) is 61.0 Å². The molecule has 2 heterocycles. The first-order valence-corrected chi connectivity index (χ1v) is 11.2. The number of aryl methyl sites for hydroxylation is 1. The van der Waals surface area contributed by atoms with Crippen LogP contribution >= 0.6 is 15.9 Å². The Balaban J connectivity index is 1.79. The minimum Gasteiger partial charge on any atom is -0.467 e. The van der Waals surface area contributed by atoms with Crippen molar-refractivity contribution in [3.63, 3.8) is 0 Å². The molecular formula is C24H25BrN4O3. The molecule has 2 aromatic heterocycles. The zero-order chi connectivity index (χ0) is 22.9. The lowest BCUT2D eigenvalue weighted by atomic mass is 10.1. The van der Waals surface area contributed by atoms with E-state index >= 15 is 0 Å². The van der Waals surface area contributed by atoms with Crippen LogP contribution in [0, 0.1) is 0 Å². The van der Waals surface area contributed by atoms with Gasteiger partial charge in [0, 0.05) is 22.0 Å². The molecule has 0 saturated carbocycles. The van der Waals surface area contributed by atoms with Crippen LogP contribution in [-0.2, 0) is 27.4 Å². The summed E-state index contributed by atoms with van der Waals surface area (Å²) in [5.41, 5.74) is 3.53. The Labute approximate surface area is 195 Å². The topological polar surface area (TPSA) is 71.2 Å². The predicted octanol–water partition coefficient (Wildman–Crippen LogP) is 5.14. The summed E-state index contributed by atoms with van der Waals surface area (Å²) < 4.78 is 15.5. The number of aromatic nitrogens is 4. The van der Waals surface area contributed by atoms with Crippen LogP contribution < -0.4 is 0 Å². The van der Waals surface area contributed by atoms with Gasteiger partial charge in [-0.15, -0.1) is 0 Å². The van der Waals surface area contributed by atoms with Gasteiger partial charge in [-0.25, -0.2) is 9.48 Å². The highest BCUT2D eigenvalue weighted by molar-refractivity contribution is 9.10. The van der Waals surface area contributed by atoms with Gasteiger partial charge in [0.2, 0.25) is 0 Å². The van der Waals surface area contributed by atoms with Crippen LogP contribution in [-0.4, -0.2) is 38.2 Å². The largest absolute Gasteiger partial charge is 0.467 e. The number of rotatable bonds is 7. The van der Waals surface area contributed by atoms with Crippen molar-refractivity contribution >= 4 is 32.8 Å². The van der Waals surface area contributed by atoms with Crippen molar-refractivity contribution in [2.75, 3.05) is 7.11 Å². The Kier molecular flexibility index (Phi) is 6.17. The van der Waals surface area contributed by atoms with E-state index in [9.17, 15) is 4.79 Å². The Morgan fingerprint density at radius 2 is 1.94 bits per heavy atom. The number of carbonyl (C=O) groups is 1. The highest BCUT2D eigenvalue weighted by atomic mass is 79.9. The summed E-state index contributed by atoms with van der Waals surface area (Å²) >= 11 is 3.64. The van der Waals surface area contributed by atoms with Crippen LogP contribution in [0.5, 0.6) is 0 Å². The molecule has 0 spiro atoms. The third kappa shape index (κ3) is 4.20. The third-order valence-electron chi connectivity index (χ3n) is 5.34. The van der Waals surface area contributed by atoms with Crippen LogP contribution in [0.15, 0.2) is 59.2 Å². The van der Waals surface area contributed by atoms with Gasteiger partial charge >= 0.3 is 5.97 Å². The fourth-order valence-corrected chi connectivity index (χ4v) is 4.01. The molecule has 4 aromatic rings. The van der Waals surface area contributed by atoms with Gasteiger partial charge < -0.3 is 9.47 Å². The molecule has 166 valence electrons. The Hall–Kier alpha value is -2.97. The van der Waals surface area contributed by atoms with Crippen molar-refractivity contribution in [1.82, 2.24) is 19.6 Å². The van der Waals surface area contributed by atoms with Gasteiger partial charge in [0.05, 0.1) is 42.5 Å². The Morgan fingerprint density at radius 3 is 2.66 bits per heavy atom. The van der Waals surface area contributed by atoms with E-state index in [4.69, 9.17) is 14.6 Å². The zero-order valence-corrected chi connectivity index (χ0v) is 20.1. The van der Waals surface area contributed by atoms with Gasteiger partial charge in [0.15, 0.2) is 5.60 Å². The highest BCUT2D eigenvalue weighted by Crippen LogP contribution is 2.30. The van der Waals surface area contributed by atoms with Crippen molar-refractivity contribution < 1.29 is 14.3 Å². The van der Waals surface area contributed by atoms with Crippen molar-refractivity contribution in [3.8, 4) is 16.9 Å². The van der Waals surface area contributed by atoms with Gasteiger partial charge in [-0.3, -0.25) is 4.68 Å². The van der Waals surface area contributed by atoms with Gasteiger partial charge in [-0.2, -0.15) is 10.2 Å². The molecule has 32 heavy (non-hydrogen) atoms. The van der Waals surface area contributed by atoms with E-state index in [-0.39, 0.29) is 6.61 Å². The van der Waals surface area contributed by atoms with Gasteiger partial charge in [0.1, 0.15) is 0 Å². The molecule has 4 rings (SSSR count). The maximum atomic E-state index is 12.0. The van der Waals surface area contributed by atoms with E-state index in [2.05, 4.69) is 46.2 Å². The molecule has 0 radical (unpaired) electrons. The molecule has 0 fully saturated rings. The SMILES string of the molecule is CCn1ncc2ccc(-c3cc(COC(C)(C)C(=O)OC)nn3-c3ccccc3Br)cc21. The number of hydrogen-bond acceptors (Lipinski definition) is 5. The second kappa shape index (κ2) is 8.88. The Morgan fingerprint density at radius 1 is 1.16 bits per heavy atom. The lowest BCUT2D eigenvalue weighted by Gasteiger charge is -2.21. The zero-order valence-electron chi connectivity index (χ0n) is 18.5. The molecular weight excluding hydrogens is 472 g/mol. The number of halogens is 1. The molecule has 0 unspecified atom stereocenters. The number of benzene rings is 2. The van der Waals surface area contributed by atoms with Crippen molar-refractivity contribution in [2.45, 2.75) is 39.5 Å². The standard InChI is InChI=1S/C24H25BrN4O3/c1-5-28-21-12-16(10-11-17(21)14-26-28)22-13-18(15-32-24(2,3)23(30)31-4)27-29(22)20-9-7-6-8-19(20)25/h6-14H,5,15H2,1-4H3. The second-order valence-corrected chi connectivity index (χ2v) is 8.76. The number of carbonyl (C=O) groups excluding carboxylic acids is 1. The second-order valence-electron chi connectivity index (χ2n) is 7.91. The molecule has 0 aliphatic carbocycles. The van der Waals surface area contributed by atoms with E-state index in [1.54, 1.807) is 13.8 Å². The molecule has 2 aromatic carbocycles. The normalized spacial score (nSPS) is 11.8. The van der Waals surface area contributed by atoms with Crippen molar-refractivity contribution in [1.29, 1.82) is 0 Å². The molecule has 0 atom stereocenters. The molecule has 0 aliphatic heterocycles. The maximum absolute atomic E-state index is 12.0. The van der Waals surface area contributed by atoms with E-state index in [1.165, 1.54) is 7.11 Å². The quantitative estimate of drug-likeness (QED) is 0.331. The molecule has 0 aliphatic rings. The number of fused-ring (bicyclic) bond motifs is 1. The molecule has 0 amide bonds. The molecule has 0 saturated heterocycles. The highest BCUT2D eigenvalue weighted by Gasteiger charge is 2.30. The maximum Gasteiger partial charge on any atom is 0.337 e. The number of ether oxygens (including phenoxy) is 2. The minimum absolute atomic E-state index is 0.168. The summed E-state index contributed by atoms with van der Waals surface area (Å²) in [7, 11) is 1.35. The summed E-state index contributed by atoms with van der Waals surface area (Å²) in [4.78, 5) is 12.0. The molecule has 0 bridgehead atoms. The first kappa shape index (κ1) is 22.2. The number of methoxy groups -OCH3 is 1. The summed E-state index contributed by atoms with van der Waals surface area (Å²) in [5, 5.41) is 10.3. The average Bonchev–Trinajstić information content (AvgIpc) is 3.41. The fourth-order valence-electron chi connectivity index (χ4n) is 3.55. The van der Waals surface area contributed by atoms with Gasteiger partial charge in [0.25, 0.3) is 0 Å². The van der Waals surface area contributed by atoms with Crippen LogP contribution in [0.3, 0.4) is 0 Å². The van der Waals surface area contributed by atoms with E-state index in [0.717, 1.165) is 38.9 Å². The molecule has 8 heteroatoms. The van der Waals surface area contributed by atoms with Gasteiger partial charge in [-0.1, -0.05) is 24.3 Å². The summed E-state index contributed by atoms with van der Waals surface area (Å²) in [6.45, 7) is 6.40. The lowest BCUT2D eigenvalue weighted by molar-refractivity contribution is -0.166.